The maximum atomic E-state index is 10.4. The number of rotatable bonds is 4. The fourth-order valence-electron chi connectivity index (χ4n) is 1.46. The molecule has 2 N–H and O–H groups in total. The van der Waals surface area contributed by atoms with Crippen molar-refractivity contribution in [1.82, 2.24) is 5.43 Å². The standard InChI is InChI=1S/C13H12N4O3S/c1-9-2-4-10(5-3-9)15-13(21)16-14-8-11-6-7-12(20-11)17(18)19/h2-8H,1H3,(H2,15,16,21). The normalized spacial score (nSPS) is 10.5. The molecule has 8 heteroatoms. The summed E-state index contributed by atoms with van der Waals surface area (Å²) in [6.45, 7) is 1.99. The Morgan fingerprint density at radius 2 is 2.05 bits per heavy atom. The first-order chi connectivity index (χ1) is 10.0. The Morgan fingerprint density at radius 3 is 2.67 bits per heavy atom. The number of nitrogens with zero attached hydrogens (tertiary/aromatic N) is 2. The minimum absolute atomic E-state index is 0.257. The molecule has 0 saturated carbocycles. The Labute approximate surface area is 125 Å². The Hall–Kier alpha value is -2.74. The van der Waals surface area contributed by atoms with Gasteiger partial charge in [-0.15, -0.1) is 0 Å². The summed E-state index contributed by atoms with van der Waals surface area (Å²) in [4.78, 5) is 9.83. The largest absolute Gasteiger partial charge is 0.433 e. The van der Waals surface area contributed by atoms with E-state index in [1.54, 1.807) is 0 Å². The Balaban J connectivity index is 1.86. The van der Waals surface area contributed by atoms with Crippen molar-refractivity contribution in [3.63, 3.8) is 0 Å². The zero-order valence-electron chi connectivity index (χ0n) is 11.1. The number of hydrazone groups is 1. The van der Waals surface area contributed by atoms with E-state index in [0.717, 1.165) is 11.3 Å². The number of furan rings is 1. The summed E-state index contributed by atoms with van der Waals surface area (Å²) in [5.41, 5.74) is 4.58. The van der Waals surface area contributed by atoms with Gasteiger partial charge in [-0.05, 0) is 37.3 Å². The summed E-state index contributed by atoms with van der Waals surface area (Å²) in [5, 5.41) is 17.5. The highest BCUT2D eigenvalue weighted by Crippen LogP contribution is 2.13. The first kappa shape index (κ1) is 14.7. The third-order valence-electron chi connectivity index (χ3n) is 2.46. The number of hydrogen-bond donors (Lipinski definition) is 2. The van der Waals surface area contributed by atoms with E-state index in [1.165, 1.54) is 18.3 Å². The van der Waals surface area contributed by atoms with E-state index < -0.39 is 4.92 Å². The van der Waals surface area contributed by atoms with Gasteiger partial charge in [0.2, 0.25) is 0 Å². The number of anilines is 1. The molecular weight excluding hydrogens is 292 g/mol. The van der Waals surface area contributed by atoms with Crippen molar-refractivity contribution in [2.45, 2.75) is 6.92 Å². The molecule has 0 spiro atoms. The average molecular weight is 304 g/mol. The minimum Gasteiger partial charge on any atom is -0.400 e. The Morgan fingerprint density at radius 1 is 1.33 bits per heavy atom. The molecule has 0 aliphatic heterocycles. The molecule has 0 unspecified atom stereocenters. The van der Waals surface area contributed by atoms with Gasteiger partial charge >= 0.3 is 5.88 Å². The molecular formula is C13H12N4O3S. The van der Waals surface area contributed by atoms with Gasteiger partial charge in [-0.2, -0.15) is 5.10 Å². The van der Waals surface area contributed by atoms with E-state index in [4.69, 9.17) is 16.6 Å². The van der Waals surface area contributed by atoms with Crippen molar-refractivity contribution >= 4 is 35.1 Å². The van der Waals surface area contributed by atoms with Crippen LogP contribution >= 0.6 is 12.2 Å². The molecule has 2 rings (SSSR count). The Kier molecular flexibility index (Phi) is 4.62. The summed E-state index contributed by atoms with van der Waals surface area (Å²) < 4.78 is 4.91. The molecule has 21 heavy (non-hydrogen) atoms. The molecule has 0 saturated heterocycles. The van der Waals surface area contributed by atoms with E-state index >= 15 is 0 Å². The smallest absolute Gasteiger partial charge is 0.400 e. The number of aryl methyl sites for hydroxylation is 1. The van der Waals surface area contributed by atoms with Crippen molar-refractivity contribution in [3.05, 3.63) is 57.8 Å². The molecule has 0 aliphatic rings. The third kappa shape index (κ3) is 4.39. The van der Waals surface area contributed by atoms with E-state index in [-0.39, 0.29) is 11.6 Å². The van der Waals surface area contributed by atoms with Gasteiger partial charge in [-0.3, -0.25) is 15.5 Å². The maximum absolute atomic E-state index is 10.4. The van der Waals surface area contributed by atoms with Gasteiger partial charge in [0.1, 0.15) is 4.92 Å². The summed E-state index contributed by atoms with van der Waals surface area (Å²) >= 11 is 5.06. The van der Waals surface area contributed by atoms with Gasteiger partial charge < -0.3 is 9.73 Å². The van der Waals surface area contributed by atoms with Crippen molar-refractivity contribution in [2.75, 3.05) is 5.32 Å². The zero-order chi connectivity index (χ0) is 15.2. The highest BCUT2D eigenvalue weighted by Gasteiger charge is 2.10. The van der Waals surface area contributed by atoms with Crippen LogP contribution in [0, 0.1) is 17.0 Å². The SMILES string of the molecule is Cc1ccc(NC(=S)NN=Cc2ccc([N+](=O)[O-])o2)cc1. The molecule has 0 aliphatic carbocycles. The van der Waals surface area contributed by atoms with Gasteiger partial charge in [0.15, 0.2) is 10.9 Å². The molecule has 108 valence electrons. The lowest BCUT2D eigenvalue weighted by atomic mass is 10.2. The number of thiocarbonyl (C=S) groups is 1. The number of nitrogens with one attached hydrogen (secondary N) is 2. The first-order valence-corrected chi connectivity index (χ1v) is 6.36. The average Bonchev–Trinajstić information content (AvgIpc) is 2.90. The summed E-state index contributed by atoms with van der Waals surface area (Å²) in [5.74, 6) is -0.0795. The van der Waals surface area contributed by atoms with Crippen molar-refractivity contribution < 1.29 is 9.34 Å². The molecule has 1 aromatic heterocycles. The van der Waals surface area contributed by atoms with Crippen LogP contribution in [0.1, 0.15) is 11.3 Å². The van der Waals surface area contributed by atoms with Crippen LogP contribution in [-0.2, 0) is 0 Å². The van der Waals surface area contributed by atoms with Crippen LogP contribution in [0.15, 0.2) is 45.9 Å². The molecule has 1 heterocycles. The van der Waals surface area contributed by atoms with E-state index in [1.807, 2.05) is 31.2 Å². The number of benzene rings is 1. The van der Waals surface area contributed by atoms with Gasteiger partial charge in [-0.25, -0.2) is 0 Å². The van der Waals surface area contributed by atoms with E-state index in [0.29, 0.717) is 5.11 Å². The highest BCUT2D eigenvalue weighted by atomic mass is 32.1. The Bertz CT molecular complexity index is 679. The van der Waals surface area contributed by atoms with Crippen LogP contribution in [0.3, 0.4) is 0 Å². The van der Waals surface area contributed by atoms with Gasteiger partial charge in [0.05, 0.1) is 12.3 Å². The van der Waals surface area contributed by atoms with E-state index in [2.05, 4.69) is 15.8 Å². The van der Waals surface area contributed by atoms with Crippen molar-refractivity contribution in [3.8, 4) is 0 Å². The quantitative estimate of drug-likeness (QED) is 0.390. The van der Waals surface area contributed by atoms with Crippen LogP contribution < -0.4 is 10.7 Å². The topological polar surface area (TPSA) is 92.7 Å². The predicted molar refractivity (Wildman–Crippen MR) is 83.5 cm³/mol. The summed E-state index contributed by atoms with van der Waals surface area (Å²) in [7, 11) is 0. The first-order valence-electron chi connectivity index (χ1n) is 5.95. The maximum Gasteiger partial charge on any atom is 0.433 e. The fourth-order valence-corrected chi connectivity index (χ4v) is 1.63. The second-order valence-corrected chi connectivity index (χ2v) is 4.53. The second-order valence-electron chi connectivity index (χ2n) is 4.12. The van der Waals surface area contributed by atoms with Crippen LogP contribution in [0.25, 0.3) is 0 Å². The molecule has 0 atom stereocenters. The molecule has 1 aromatic carbocycles. The third-order valence-corrected chi connectivity index (χ3v) is 2.65. The fraction of sp³-hybridized carbons (Fsp3) is 0.0769. The molecule has 2 aromatic rings. The van der Waals surface area contributed by atoms with Gasteiger partial charge in [0, 0.05) is 5.69 Å². The molecule has 7 nitrogen and oxygen atoms in total. The minimum atomic E-state index is -0.617. The molecule has 0 amide bonds. The highest BCUT2D eigenvalue weighted by molar-refractivity contribution is 7.80. The van der Waals surface area contributed by atoms with Gasteiger partial charge in [-0.1, -0.05) is 17.7 Å². The van der Waals surface area contributed by atoms with Crippen LogP contribution in [0.5, 0.6) is 0 Å². The van der Waals surface area contributed by atoms with Crippen LogP contribution in [0.4, 0.5) is 11.6 Å². The lowest BCUT2D eigenvalue weighted by Gasteiger charge is -2.06. The lowest BCUT2D eigenvalue weighted by molar-refractivity contribution is -0.402. The molecule has 0 bridgehead atoms. The summed E-state index contributed by atoms with van der Waals surface area (Å²) in [6.07, 6.45) is 1.30. The van der Waals surface area contributed by atoms with Crippen LogP contribution in [-0.4, -0.2) is 16.3 Å². The van der Waals surface area contributed by atoms with Crippen molar-refractivity contribution in [2.24, 2.45) is 5.10 Å². The predicted octanol–water partition coefficient (Wildman–Crippen LogP) is 2.82. The molecule has 0 radical (unpaired) electrons. The van der Waals surface area contributed by atoms with Crippen LogP contribution in [0.2, 0.25) is 0 Å². The zero-order valence-corrected chi connectivity index (χ0v) is 11.9. The lowest BCUT2D eigenvalue weighted by Crippen LogP contribution is -2.23. The number of hydrogen-bond acceptors (Lipinski definition) is 5. The van der Waals surface area contributed by atoms with Gasteiger partial charge in [0.25, 0.3) is 0 Å². The van der Waals surface area contributed by atoms with E-state index in [9.17, 15) is 10.1 Å². The monoisotopic (exact) mass is 304 g/mol. The number of nitro groups is 1. The molecule has 0 fully saturated rings. The second kappa shape index (κ2) is 6.62. The van der Waals surface area contributed by atoms with Crippen molar-refractivity contribution in [1.29, 1.82) is 0 Å². The summed E-state index contributed by atoms with van der Waals surface area (Å²) in [6, 6.07) is 10.4.